The maximum absolute atomic E-state index is 14.2. The van der Waals surface area contributed by atoms with Crippen LogP contribution >= 0.6 is 22.9 Å². The van der Waals surface area contributed by atoms with Crippen molar-refractivity contribution in [1.82, 2.24) is 29.9 Å². The Morgan fingerprint density at radius 2 is 1.73 bits per heavy atom. The predicted molar refractivity (Wildman–Crippen MR) is 234 cm³/mol. The fraction of sp³-hybridized carbons (Fsp3) is 0.222. The standard InChI is InChI=1S/C45H38ClFN6O12S/c46-39-33-12-10-30(40(39)56)37-38-43(49-22-50-44(38)66-41(37)23-5-7-25(47)8-6-23)64-34(45(57)58)16-24-15-27(61-21-28(63-33)17-52-18-35(54)53(59)36(55)19-52)9-11-31(24)62-20-26-13-14-48-42(51-26)29-3-1-2-4-32(29)65-60/h1-15,22,28,34-36,54-56,59-60H,16-21H2,(H,57,58)/t28-,34-,35-,36+/m1/s1. The zero-order chi connectivity index (χ0) is 46.1. The summed E-state index contributed by atoms with van der Waals surface area (Å²) in [4.78, 5) is 38.0. The molecule has 21 heteroatoms. The number of nitrogens with zero attached hydrogens (tertiary/aromatic N) is 6. The van der Waals surface area contributed by atoms with Gasteiger partial charge in [-0.1, -0.05) is 35.9 Å². The first kappa shape index (κ1) is 44.5. The molecule has 4 atom stereocenters. The second kappa shape index (κ2) is 19.0. The summed E-state index contributed by atoms with van der Waals surface area (Å²) in [5, 5.41) is 63.5. The van der Waals surface area contributed by atoms with Crippen molar-refractivity contribution in [2.45, 2.75) is 37.7 Å². The van der Waals surface area contributed by atoms with E-state index >= 15 is 0 Å². The highest BCUT2D eigenvalue weighted by atomic mass is 35.5. The van der Waals surface area contributed by atoms with E-state index < -0.39 is 42.2 Å². The summed E-state index contributed by atoms with van der Waals surface area (Å²) < 4.78 is 39.5. The fourth-order valence-electron chi connectivity index (χ4n) is 7.68. The highest BCUT2D eigenvalue weighted by Gasteiger charge is 2.34. The van der Waals surface area contributed by atoms with E-state index in [9.17, 15) is 40.1 Å². The van der Waals surface area contributed by atoms with Gasteiger partial charge in [0.15, 0.2) is 11.6 Å². The molecule has 3 aromatic heterocycles. The summed E-state index contributed by atoms with van der Waals surface area (Å²) in [6.45, 7) is -0.391. The number of ether oxygens (including phenoxy) is 4. The SMILES string of the molecule is O=C(O)[C@H]1Cc2cc(ccc2OCc2ccnc(-c3ccccc3OO)n2)OC[C@@H](CN2C[C@@H](O)N(O)[C@@H](O)C2)Oc2ccc(c(O)c2Cl)-c2c(-c3ccc(F)cc3)sc3ncnc(c23)O1. The van der Waals surface area contributed by atoms with Crippen LogP contribution in [0.1, 0.15) is 11.3 Å². The van der Waals surface area contributed by atoms with Crippen molar-refractivity contribution in [3.63, 3.8) is 0 Å². The first-order chi connectivity index (χ1) is 31.9. The predicted octanol–water partition coefficient (Wildman–Crippen LogP) is 6.27. The maximum atomic E-state index is 14.2. The van der Waals surface area contributed by atoms with Crippen LogP contribution in [0.15, 0.2) is 97.5 Å². The molecule has 0 spiro atoms. The second-order valence-electron chi connectivity index (χ2n) is 15.2. The molecule has 4 bridgehead atoms. The minimum absolute atomic E-state index is 0.0319. The van der Waals surface area contributed by atoms with Crippen LogP contribution in [-0.2, 0) is 17.8 Å². The summed E-state index contributed by atoms with van der Waals surface area (Å²) in [5.41, 5.74) is 2.25. The van der Waals surface area contributed by atoms with Gasteiger partial charge in [0.2, 0.25) is 12.0 Å². The normalized spacial score (nSPS) is 19.1. The number of β-amino-alcohol motifs (C(OH)–C–C–N with tert-alkyl or cyclic N) is 2. The Bertz CT molecular complexity index is 2900. The van der Waals surface area contributed by atoms with E-state index in [1.165, 1.54) is 42.1 Å². The van der Waals surface area contributed by atoms with Crippen LogP contribution in [0.25, 0.3) is 43.2 Å². The van der Waals surface area contributed by atoms with Gasteiger partial charge in [-0.2, -0.15) is 0 Å². The van der Waals surface area contributed by atoms with Crippen LogP contribution in [0, 0.1) is 5.82 Å². The Hall–Kier alpha value is -6.75. The molecule has 340 valence electrons. The van der Waals surface area contributed by atoms with E-state index in [-0.39, 0.29) is 89.9 Å². The minimum Gasteiger partial charge on any atom is -0.506 e. The van der Waals surface area contributed by atoms with Gasteiger partial charge >= 0.3 is 5.97 Å². The van der Waals surface area contributed by atoms with Gasteiger partial charge in [0.25, 0.3) is 0 Å². The topological polar surface area (TPSA) is 243 Å². The molecule has 66 heavy (non-hydrogen) atoms. The molecule has 18 nitrogen and oxygen atoms in total. The van der Waals surface area contributed by atoms with Gasteiger partial charge < -0.3 is 49.5 Å². The zero-order valence-corrected chi connectivity index (χ0v) is 35.8. The number of aromatic nitrogens is 4. The van der Waals surface area contributed by atoms with E-state index in [1.54, 1.807) is 71.6 Å². The number of carbonyl (C=O) groups is 1. The van der Waals surface area contributed by atoms with E-state index in [0.29, 0.717) is 42.7 Å². The second-order valence-corrected chi connectivity index (χ2v) is 16.6. The Balaban J connectivity index is 1.14. The summed E-state index contributed by atoms with van der Waals surface area (Å²) in [7, 11) is 0. The van der Waals surface area contributed by atoms with Crippen molar-refractivity contribution >= 4 is 39.1 Å². The lowest BCUT2D eigenvalue weighted by Crippen LogP contribution is -2.59. The number of aliphatic carboxylic acids is 1. The third kappa shape index (κ3) is 9.21. The number of carboxylic acid groups (broad SMARTS) is 1. The average molecular weight is 941 g/mol. The number of phenolic OH excluding ortho intramolecular Hbond substituents is 1. The van der Waals surface area contributed by atoms with Crippen molar-refractivity contribution in [2.24, 2.45) is 0 Å². The van der Waals surface area contributed by atoms with Crippen molar-refractivity contribution in [2.75, 3.05) is 26.2 Å². The molecule has 1 fully saturated rings. The highest BCUT2D eigenvalue weighted by Crippen LogP contribution is 2.52. The van der Waals surface area contributed by atoms with Gasteiger partial charge in [0, 0.05) is 53.8 Å². The molecule has 10 rings (SSSR count). The van der Waals surface area contributed by atoms with E-state index in [0.717, 1.165) is 0 Å². The molecule has 0 saturated carbocycles. The van der Waals surface area contributed by atoms with Crippen LogP contribution < -0.4 is 23.8 Å². The molecule has 0 radical (unpaired) electrons. The third-order valence-corrected chi connectivity index (χ3v) is 12.3. The molecule has 4 aromatic carbocycles. The van der Waals surface area contributed by atoms with E-state index in [1.807, 2.05) is 0 Å². The lowest BCUT2D eigenvalue weighted by Gasteiger charge is -2.39. The molecule has 3 aliphatic rings. The molecule has 0 amide bonds. The minimum atomic E-state index is -1.60. The molecule has 6 heterocycles. The van der Waals surface area contributed by atoms with E-state index in [2.05, 4.69) is 24.8 Å². The number of phenols is 1. The molecule has 6 N–H and O–H groups in total. The Kier molecular flexibility index (Phi) is 12.8. The van der Waals surface area contributed by atoms with Gasteiger partial charge in [-0.3, -0.25) is 4.90 Å². The van der Waals surface area contributed by atoms with Crippen LogP contribution in [0.3, 0.4) is 0 Å². The monoisotopic (exact) mass is 940 g/mol. The lowest BCUT2D eigenvalue weighted by atomic mass is 9.98. The third-order valence-electron chi connectivity index (χ3n) is 10.8. The number of thiophene rings is 1. The number of halogens is 2. The van der Waals surface area contributed by atoms with Crippen LogP contribution in [0.5, 0.6) is 34.6 Å². The summed E-state index contributed by atoms with van der Waals surface area (Å²) in [5.74, 6) is -1.42. The van der Waals surface area contributed by atoms with Crippen molar-refractivity contribution in [1.29, 1.82) is 0 Å². The molecule has 0 unspecified atom stereocenters. The van der Waals surface area contributed by atoms with E-state index in [4.69, 9.17) is 30.5 Å². The number of piperazine rings is 1. The van der Waals surface area contributed by atoms with Gasteiger partial charge in [0.05, 0.1) is 16.6 Å². The van der Waals surface area contributed by atoms with Crippen LogP contribution in [-0.4, -0.2) is 118 Å². The first-order valence-electron chi connectivity index (χ1n) is 20.2. The van der Waals surface area contributed by atoms with Gasteiger partial charge in [-0.25, -0.2) is 34.4 Å². The lowest BCUT2D eigenvalue weighted by molar-refractivity contribution is -0.296. The molecular weight excluding hydrogens is 903 g/mol. The number of fused-ring (bicyclic) bond motifs is 7. The maximum Gasteiger partial charge on any atom is 0.345 e. The summed E-state index contributed by atoms with van der Waals surface area (Å²) in [6, 6.07) is 21.8. The smallest absolute Gasteiger partial charge is 0.345 e. The number of rotatable bonds is 9. The summed E-state index contributed by atoms with van der Waals surface area (Å²) >= 11 is 8.08. The van der Waals surface area contributed by atoms with Gasteiger partial charge in [-0.15, -0.1) is 16.4 Å². The number of hydrogen-bond donors (Lipinski definition) is 6. The largest absolute Gasteiger partial charge is 0.506 e. The Morgan fingerprint density at radius 1 is 0.939 bits per heavy atom. The number of hydroxylamine groups is 2. The van der Waals surface area contributed by atoms with Crippen molar-refractivity contribution in [3.05, 3.63) is 120 Å². The molecular formula is C45H38ClFN6O12S. The molecule has 7 aromatic rings. The number of para-hydroxylation sites is 1. The van der Waals surface area contributed by atoms with Crippen molar-refractivity contribution < 1.29 is 63.9 Å². The zero-order valence-electron chi connectivity index (χ0n) is 34.3. The van der Waals surface area contributed by atoms with Crippen molar-refractivity contribution in [3.8, 4) is 67.6 Å². The number of aliphatic hydroxyl groups excluding tert-OH is 2. The van der Waals surface area contributed by atoms with Gasteiger partial charge in [0.1, 0.15) is 76.8 Å². The quantitative estimate of drug-likeness (QED) is 0.0690. The Labute approximate surface area is 382 Å². The number of aromatic hydroxyl groups is 1. The number of benzene rings is 4. The molecule has 1 saturated heterocycles. The Morgan fingerprint density at radius 3 is 2.50 bits per heavy atom. The van der Waals surface area contributed by atoms with Crippen LogP contribution in [0.2, 0.25) is 5.02 Å². The average Bonchev–Trinajstić information content (AvgIpc) is 3.71. The highest BCUT2D eigenvalue weighted by molar-refractivity contribution is 7.22. The van der Waals surface area contributed by atoms with Crippen LogP contribution in [0.4, 0.5) is 4.39 Å². The number of hydrogen-bond acceptors (Lipinski definition) is 18. The molecule has 0 aliphatic carbocycles. The first-order valence-corrected chi connectivity index (χ1v) is 21.4. The van der Waals surface area contributed by atoms with Gasteiger partial charge in [-0.05, 0) is 66.2 Å². The fourth-order valence-corrected chi connectivity index (χ4v) is 9.04. The molecule has 3 aliphatic heterocycles. The number of carboxylic acids is 1. The summed E-state index contributed by atoms with van der Waals surface area (Å²) in [6.07, 6.45) is -2.88. The number of aliphatic hydroxyl groups is 2.